The van der Waals surface area contributed by atoms with Gasteiger partial charge in [0.05, 0.1) is 7.11 Å². The van der Waals surface area contributed by atoms with E-state index in [4.69, 9.17) is 4.84 Å². The van der Waals surface area contributed by atoms with Crippen molar-refractivity contribution < 1.29 is 19.2 Å². The minimum absolute atomic E-state index is 0.206. The first-order chi connectivity index (χ1) is 8.67. The van der Waals surface area contributed by atoms with Crippen molar-refractivity contribution >= 4 is 11.9 Å². The molecule has 0 unspecified atom stereocenters. The number of methoxy groups -OCH3 is 1. The maximum Gasteiger partial charge on any atom is 0.352 e. The van der Waals surface area contributed by atoms with Gasteiger partial charge >= 0.3 is 11.9 Å². The van der Waals surface area contributed by atoms with Crippen LogP contribution in [0.3, 0.4) is 0 Å². The van der Waals surface area contributed by atoms with E-state index < -0.39 is 5.97 Å². The van der Waals surface area contributed by atoms with Crippen LogP contribution in [0.1, 0.15) is 41.0 Å². The molecule has 0 aromatic heterocycles. The second-order valence-corrected chi connectivity index (χ2v) is 4.76. The van der Waals surface area contributed by atoms with Crippen LogP contribution in [0.15, 0.2) is 24.3 Å². The van der Waals surface area contributed by atoms with Crippen LogP contribution in [-0.2, 0) is 19.2 Å². The van der Waals surface area contributed by atoms with Crippen LogP contribution in [0, 0.1) is 0 Å². The SMILES string of the molecule is C=CC(=O)OC.CCC=C(C)C(=O)ONC(C)(C)C. The molecule has 5 heteroatoms. The number of ether oxygens (including phenoxy) is 1. The number of esters is 1. The van der Waals surface area contributed by atoms with Gasteiger partial charge in [-0.15, -0.1) is 5.48 Å². The van der Waals surface area contributed by atoms with Crippen LogP contribution in [0.5, 0.6) is 0 Å². The molecule has 19 heavy (non-hydrogen) atoms. The fraction of sp³-hybridized carbons (Fsp3) is 0.571. The van der Waals surface area contributed by atoms with Gasteiger partial charge in [0.25, 0.3) is 0 Å². The fourth-order valence-electron chi connectivity index (χ4n) is 0.753. The Morgan fingerprint density at radius 3 is 2.11 bits per heavy atom. The highest BCUT2D eigenvalue weighted by Crippen LogP contribution is 2.02. The molecule has 0 aliphatic rings. The normalized spacial score (nSPS) is 10.9. The monoisotopic (exact) mass is 271 g/mol. The van der Waals surface area contributed by atoms with E-state index in [1.54, 1.807) is 6.92 Å². The summed E-state index contributed by atoms with van der Waals surface area (Å²) in [5.74, 6) is -0.702. The van der Waals surface area contributed by atoms with Crippen LogP contribution < -0.4 is 5.48 Å². The summed E-state index contributed by atoms with van der Waals surface area (Å²) >= 11 is 0. The molecule has 0 saturated carbocycles. The van der Waals surface area contributed by atoms with Gasteiger partial charge in [-0.2, -0.15) is 0 Å². The summed E-state index contributed by atoms with van der Waals surface area (Å²) in [5.41, 5.74) is 3.10. The Morgan fingerprint density at radius 2 is 1.84 bits per heavy atom. The van der Waals surface area contributed by atoms with E-state index in [0.717, 1.165) is 12.5 Å². The Bertz CT molecular complexity index is 327. The lowest BCUT2D eigenvalue weighted by Gasteiger charge is -2.19. The fourth-order valence-corrected chi connectivity index (χ4v) is 0.753. The molecule has 0 bridgehead atoms. The third-order valence-electron chi connectivity index (χ3n) is 1.65. The van der Waals surface area contributed by atoms with Crippen LogP contribution in [0.2, 0.25) is 0 Å². The molecule has 0 heterocycles. The van der Waals surface area contributed by atoms with Gasteiger partial charge in [-0.1, -0.05) is 19.6 Å². The zero-order valence-electron chi connectivity index (χ0n) is 12.7. The molecule has 110 valence electrons. The molecule has 5 nitrogen and oxygen atoms in total. The summed E-state index contributed by atoms with van der Waals surface area (Å²) in [6, 6.07) is 0. The summed E-state index contributed by atoms with van der Waals surface area (Å²) in [6.07, 6.45) is 3.79. The van der Waals surface area contributed by atoms with E-state index in [1.807, 2.05) is 33.8 Å². The van der Waals surface area contributed by atoms with E-state index in [9.17, 15) is 9.59 Å². The highest BCUT2D eigenvalue weighted by Gasteiger charge is 2.13. The van der Waals surface area contributed by atoms with Gasteiger partial charge in [0.1, 0.15) is 0 Å². The minimum Gasteiger partial charge on any atom is -0.466 e. The van der Waals surface area contributed by atoms with E-state index in [-0.39, 0.29) is 11.5 Å². The van der Waals surface area contributed by atoms with Crippen molar-refractivity contribution in [2.24, 2.45) is 0 Å². The third kappa shape index (κ3) is 14.3. The standard InChI is InChI=1S/C10H19NO2.C4H6O2/c1-6-7-8(2)9(12)13-11-10(3,4)5;1-3-4(5)6-2/h7,11H,6H2,1-5H3;3H,1H2,2H3. The van der Waals surface area contributed by atoms with Crippen molar-refractivity contribution in [1.82, 2.24) is 5.48 Å². The van der Waals surface area contributed by atoms with Gasteiger partial charge in [0.2, 0.25) is 0 Å². The van der Waals surface area contributed by atoms with Crippen molar-refractivity contribution in [2.75, 3.05) is 7.11 Å². The lowest BCUT2D eigenvalue weighted by atomic mass is 10.1. The first kappa shape index (κ1) is 19.7. The largest absolute Gasteiger partial charge is 0.466 e. The maximum absolute atomic E-state index is 11.2. The van der Waals surface area contributed by atoms with Crippen molar-refractivity contribution in [3.63, 3.8) is 0 Å². The number of nitrogens with one attached hydrogen (secondary N) is 1. The predicted octanol–water partition coefficient (Wildman–Crippen LogP) is 2.53. The Kier molecular flexibility index (Phi) is 10.7. The number of hydrogen-bond donors (Lipinski definition) is 1. The summed E-state index contributed by atoms with van der Waals surface area (Å²) in [7, 11) is 1.31. The average Bonchev–Trinajstić information content (AvgIpc) is 2.35. The van der Waals surface area contributed by atoms with E-state index >= 15 is 0 Å². The van der Waals surface area contributed by atoms with Gasteiger partial charge in [-0.3, -0.25) is 0 Å². The second kappa shape index (κ2) is 10.3. The highest BCUT2D eigenvalue weighted by atomic mass is 16.7. The van der Waals surface area contributed by atoms with E-state index in [0.29, 0.717) is 5.57 Å². The van der Waals surface area contributed by atoms with Crippen molar-refractivity contribution in [2.45, 2.75) is 46.6 Å². The number of hydroxylamine groups is 1. The smallest absolute Gasteiger partial charge is 0.352 e. The summed E-state index contributed by atoms with van der Waals surface area (Å²) < 4.78 is 4.14. The lowest BCUT2D eigenvalue weighted by Crippen LogP contribution is -2.37. The van der Waals surface area contributed by atoms with Gasteiger partial charge in [0, 0.05) is 17.2 Å². The molecule has 0 aromatic rings. The predicted molar refractivity (Wildman–Crippen MR) is 75.2 cm³/mol. The molecule has 0 aliphatic heterocycles. The van der Waals surface area contributed by atoms with Gasteiger partial charge < -0.3 is 9.57 Å². The molecule has 0 aromatic carbocycles. The zero-order chi connectivity index (χ0) is 15.5. The van der Waals surface area contributed by atoms with Gasteiger partial charge in [-0.25, -0.2) is 9.59 Å². The minimum atomic E-state index is -0.394. The van der Waals surface area contributed by atoms with Crippen molar-refractivity contribution in [1.29, 1.82) is 0 Å². The quantitative estimate of drug-likeness (QED) is 0.483. The molecule has 0 radical (unpaired) electrons. The molecule has 0 spiro atoms. The molecule has 0 rings (SSSR count). The molecule has 0 amide bonds. The number of rotatable bonds is 4. The van der Waals surface area contributed by atoms with Crippen LogP contribution in [0.4, 0.5) is 0 Å². The Hall–Kier alpha value is -1.62. The van der Waals surface area contributed by atoms with Crippen LogP contribution in [-0.4, -0.2) is 24.6 Å². The summed E-state index contributed by atoms with van der Waals surface area (Å²) in [4.78, 5) is 25.9. The Labute approximate surface area is 115 Å². The molecule has 0 saturated heterocycles. The number of carbonyl (C=O) groups is 2. The molecule has 0 fully saturated rings. The first-order valence-corrected chi connectivity index (χ1v) is 6.03. The van der Waals surface area contributed by atoms with E-state index in [2.05, 4.69) is 16.8 Å². The number of allylic oxidation sites excluding steroid dienone is 1. The van der Waals surface area contributed by atoms with Crippen LogP contribution in [0.25, 0.3) is 0 Å². The highest BCUT2D eigenvalue weighted by molar-refractivity contribution is 5.87. The molecular weight excluding hydrogens is 246 g/mol. The Morgan fingerprint density at radius 1 is 1.32 bits per heavy atom. The summed E-state index contributed by atoms with van der Waals surface area (Å²) in [6.45, 7) is 12.7. The van der Waals surface area contributed by atoms with Gasteiger partial charge in [-0.05, 0) is 34.1 Å². The number of hydrogen-bond acceptors (Lipinski definition) is 5. The zero-order valence-corrected chi connectivity index (χ0v) is 12.7. The van der Waals surface area contributed by atoms with E-state index in [1.165, 1.54) is 7.11 Å². The topological polar surface area (TPSA) is 64.6 Å². The number of carbonyl (C=O) groups excluding carboxylic acids is 2. The van der Waals surface area contributed by atoms with Gasteiger partial charge in [0.15, 0.2) is 0 Å². The Balaban J connectivity index is 0. The lowest BCUT2D eigenvalue weighted by molar-refractivity contribution is -0.150. The molecule has 0 atom stereocenters. The van der Waals surface area contributed by atoms with Crippen LogP contribution >= 0.6 is 0 Å². The molecule has 1 N–H and O–H groups in total. The first-order valence-electron chi connectivity index (χ1n) is 6.03. The summed E-state index contributed by atoms with van der Waals surface area (Å²) in [5, 5.41) is 0. The molecular formula is C14H25NO4. The maximum atomic E-state index is 11.2. The third-order valence-corrected chi connectivity index (χ3v) is 1.65. The van der Waals surface area contributed by atoms with Crippen molar-refractivity contribution in [3.8, 4) is 0 Å². The second-order valence-electron chi connectivity index (χ2n) is 4.76. The molecule has 0 aliphatic carbocycles. The van der Waals surface area contributed by atoms with Crippen molar-refractivity contribution in [3.05, 3.63) is 24.3 Å². The average molecular weight is 271 g/mol.